The van der Waals surface area contributed by atoms with Crippen LogP contribution >= 0.6 is 0 Å². The molecule has 0 unspecified atom stereocenters. The van der Waals surface area contributed by atoms with E-state index in [0.29, 0.717) is 0 Å². The van der Waals surface area contributed by atoms with Gasteiger partial charge in [-0.3, -0.25) is 0 Å². The average Bonchev–Trinajstić information content (AvgIpc) is 2.31. The van der Waals surface area contributed by atoms with Gasteiger partial charge in [0.1, 0.15) is 0 Å². The third kappa shape index (κ3) is 2.95. The largest absolute Gasteiger partial charge is 1.00 e. The summed E-state index contributed by atoms with van der Waals surface area (Å²) in [7, 11) is 1.88. The molecule has 4 heteroatoms. The summed E-state index contributed by atoms with van der Waals surface area (Å²) in [6.45, 7) is 1.97. The van der Waals surface area contributed by atoms with Gasteiger partial charge in [0.25, 0.3) is 0 Å². The molecule has 1 N–H and O–H groups in total. The summed E-state index contributed by atoms with van der Waals surface area (Å²) in [5.74, 6) is 0. The van der Waals surface area contributed by atoms with E-state index in [1.807, 2.05) is 14.0 Å². The Labute approximate surface area is 115 Å². The number of nitrogens with one attached hydrogen (secondary N) is 1. The van der Waals surface area contributed by atoms with Crippen molar-refractivity contribution in [2.45, 2.75) is 6.92 Å². The van der Waals surface area contributed by atoms with E-state index in [2.05, 4.69) is 11.2 Å². The van der Waals surface area contributed by atoms with Crippen LogP contribution in [0.25, 0.3) is 0 Å². The van der Waals surface area contributed by atoms with Gasteiger partial charge in [0.15, 0.2) is 0 Å². The topological polar surface area (TPSA) is 41.7 Å². The molecule has 0 aromatic carbocycles. The maximum absolute atomic E-state index is 6.76. The van der Waals surface area contributed by atoms with Crippen LogP contribution in [0.5, 0.6) is 0 Å². The van der Waals surface area contributed by atoms with Crippen molar-refractivity contribution in [3.05, 3.63) is 29.6 Å². The molecule has 0 spiro atoms. The molecule has 0 aliphatic heterocycles. The van der Waals surface area contributed by atoms with E-state index in [1.54, 1.807) is 17.0 Å². The van der Waals surface area contributed by atoms with Crippen LogP contribution in [-0.2, 0) is 7.05 Å². The Morgan fingerprint density at radius 1 is 1.67 bits per heavy atom. The van der Waals surface area contributed by atoms with E-state index in [1.165, 1.54) is 6.21 Å². The predicted octanol–water partition coefficient (Wildman–Crippen LogP) is -1.91. The molecule has 0 amide bonds. The van der Waals surface area contributed by atoms with Gasteiger partial charge in [-0.2, -0.15) is 0 Å². The smallest absolute Gasteiger partial charge is 0.356 e. The second kappa shape index (κ2) is 5.83. The van der Waals surface area contributed by atoms with Crippen molar-refractivity contribution in [1.29, 1.82) is 5.41 Å². The molecule has 0 atom stereocenters. The SMILES string of the molecule is Cc1c([C-]=CC=N)cnn1C.[K+]. The van der Waals surface area contributed by atoms with Crippen molar-refractivity contribution < 1.29 is 51.4 Å². The quantitative estimate of drug-likeness (QED) is 0.328. The van der Waals surface area contributed by atoms with Gasteiger partial charge in [-0.1, -0.05) is 13.1 Å². The van der Waals surface area contributed by atoms with Crippen molar-refractivity contribution in [2.24, 2.45) is 7.05 Å². The van der Waals surface area contributed by atoms with Gasteiger partial charge in [0.05, 0.1) is 0 Å². The predicted molar refractivity (Wildman–Crippen MR) is 43.6 cm³/mol. The van der Waals surface area contributed by atoms with E-state index < -0.39 is 0 Å². The normalized spacial score (nSPS) is 9.83. The van der Waals surface area contributed by atoms with Crippen LogP contribution < -0.4 is 51.4 Å². The van der Waals surface area contributed by atoms with Crippen LogP contribution in [0.4, 0.5) is 0 Å². The van der Waals surface area contributed by atoms with Crippen LogP contribution in [0.3, 0.4) is 0 Å². The Balaban J connectivity index is 0.00000121. The molecule has 0 fully saturated rings. The monoisotopic (exact) mass is 187 g/mol. The fourth-order valence-electron chi connectivity index (χ4n) is 0.772. The minimum atomic E-state index is 0. The first-order valence-corrected chi connectivity index (χ1v) is 3.33. The molecular weight excluding hydrogens is 177 g/mol. The molecule has 0 aliphatic rings. The number of hydrogen-bond acceptors (Lipinski definition) is 2. The van der Waals surface area contributed by atoms with E-state index in [0.717, 1.165) is 11.3 Å². The molecule has 0 aliphatic carbocycles. The van der Waals surface area contributed by atoms with Crippen LogP contribution in [-0.4, -0.2) is 16.0 Å². The van der Waals surface area contributed by atoms with Crippen LogP contribution in [0.1, 0.15) is 11.3 Å². The number of aromatic nitrogens is 2. The van der Waals surface area contributed by atoms with Crippen LogP contribution in [0, 0.1) is 18.4 Å². The summed E-state index contributed by atoms with van der Waals surface area (Å²) in [6.07, 6.45) is 7.42. The molecule has 3 nitrogen and oxygen atoms in total. The molecular formula is C8H10KN3. The second-order valence-corrected chi connectivity index (χ2v) is 2.24. The summed E-state index contributed by atoms with van der Waals surface area (Å²) in [5.41, 5.74) is 2.00. The van der Waals surface area contributed by atoms with Crippen LogP contribution in [0.2, 0.25) is 0 Å². The summed E-state index contributed by atoms with van der Waals surface area (Å²) < 4.78 is 1.78. The van der Waals surface area contributed by atoms with Gasteiger partial charge >= 0.3 is 51.4 Å². The first kappa shape index (κ1) is 12.3. The summed E-state index contributed by atoms with van der Waals surface area (Å²) in [5, 5.41) is 10.8. The number of rotatable bonds is 2. The fraction of sp³-hybridized carbons (Fsp3) is 0.250. The first-order valence-electron chi connectivity index (χ1n) is 3.33. The zero-order valence-corrected chi connectivity index (χ0v) is 10.7. The number of aryl methyl sites for hydroxylation is 1. The van der Waals surface area contributed by atoms with E-state index in [4.69, 9.17) is 5.41 Å². The van der Waals surface area contributed by atoms with Crippen molar-refractivity contribution in [3.8, 4) is 0 Å². The third-order valence-corrected chi connectivity index (χ3v) is 1.56. The van der Waals surface area contributed by atoms with Crippen molar-refractivity contribution in [1.82, 2.24) is 9.78 Å². The van der Waals surface area contributed by atoms with E-state index >= 15 is 0 Å². The van der Waals surface area contributed by atoms with E-state index in [-0.39, 0.29) is 51.4 Å². The summed E-state index contributed by atoms with van der Waals surface area (Å²) >= 11 is 0. The third-order valence-electron chi connectivity index (χ3n) is 1.56. The Bertz CT molecular complexity index is 288. The average molecular weight is 187 g/mol. The molecule has 1 heterocycles. The Kier molecular flexibility index (Phi) is 5.95. The second-order valence-electron chi connectivity index (χ2n) is 2.24. The summed E-state index contributed by atoms with van der Waals surface area (Å²) in [6, 6.07) is 0. The first-order chi connectivity index (χ1) is 5.25. The minimum Gasteiger partial charge on any atom is -0.356 e. The molecule has 0 bridgehead atoms. The molecule has 0 saturated carbocycles. The van der Waals surface area contributed by atoms with Crippen LogP contribution in [0.15, 0.2) is 12.3 Å². The van der Waals surface area contributed by atoms with E-state index in [9.17, 15) is 0 Å². The molecule has 12 heavy (non-hydrogen) atoms. The number of hydrogen-bond donors (Lipinski definition) is 1. The maximum Gasteiger partial charge on any atom is 1.00 e. The van der Waals surface area contributed by atoms with Gasteiger partial charge in [-0.15, -0.1) is 17.7 Å². The number of nitrogens with zero attached hydrogens (tertiary/aromatic N) is 2. The van der Waals surface area contributed by atoms with Crippen molar-refractivity contribution in [3.63, 3.8) is 0 Å². The molecule has 0 saturated heterocycles. The molecule has 0 radical (unpaired) electrons. The van der Waals surface area contributed by atoms with Gasteiger partial charge in [0.2, 0.25) is 0 Å². The Morgan fingerprint density at radius 2 is 2.33 bits per heavy atom. The zero-order chi connectivity index (χ0) is 8.27. The fourth-order valence-corrected chi connectivity index (χ4v) is 0.772. The maximum atomic E-state index is 6.76. The van der Waals surface area contributed by atoms with Gasteiger partial charge in [0, 0.05) is 7.05 Å². The molecule has 1 rings (SSSR count). The van der Waals surface area contributed by atoms with Gasteiger partial charge in [-0.25, -0.2) is 5.10 Å². The minimum absolute atomic E-state index is 0. The number of allylic oxidation sites excluding steroid dienone is 1. The van der Waals surface area contributed by atoms with Crippen molar-refractivity contribution in [2.75, 3.05) is 0 Å². The summed E-state index contributed by atoms with van der Waals surface area (Å²) in [4.78, 5) is 0. The standard InChI is InChI=1S/C8H10N3.K/c1-7-8(4-3-5-9)6-10-11(7)2;/h3,5-6,9H,1-2H3;/q-1;+1. The molecule has 1 aromatic heterocycles. The zero-order valence-electron chi connectivity index (χ0n) is 7.63. The Morgan fingerprint density at radius 3 is 2.75 bits per heavy atom. The molecule has 1 aromatic rings. The Hall–Kier alpha value is 0.256. The van der Waals surface area contributed by atoms with Crippen molar-refractivity contribution >= 4 is 6.21 Å². The molecule has 58 valence electrons. The van der Waals surface area contributed by atoms with Gasteiger partial charge in [-0.05, 0) is 11.9 Å². The van der Waals surface area contributed by atoms with Gasteiger partial charge < -0.3 is 10.1 Å².